The van der Waals surface area contributed by atoms with E-state index in [1.165, 1.54) is 334 Å². The molecule has 0 saturated carbocycles. The van der Waals surface area contributed by atoms with Crippen molar-refractivity contribution in [2.45, 2.75) is 437 Å². The molecule has 0 saturated heterocycles. The van der Waals surface area contributed by atoms with Crippen molar-refractivity contribution in [3.8, 4) is 0 Å². The van der Waals surface area contributed by atoms with Gasteiger partial charge in [0.1, 0.15) is 13.2 Å². The minimum Gasteiger partial charge on any atom is -0.545 e. The van der Waals surface area contributed by atoms with Crippen molar-refractivity contribution in [1.82, 2.24) is 0 Å². The smallest absolute Gasteiger partial charge is 0.306 e. The van der Waals surface area contributed by atoms with Crippen LogP contribution in [0.5, 0.6) is 0 Å². The lowest BCUT2D eigenvalue weighted by Crippen LogP contribution is -2.44. The van der Waals surface area contributed by atoms with Gasteiger partial charge in [-0.1, -0.05) is 396 Å². The van der Waals surface area contributed by atoms with Crippen LogP contribution in [-0.2, 0) is 33.3 Å². The van der Waals surface area contributed by atoms with Crippen LogP contribution < -0.4 is 5.11 Å². The van der Waals surface area contributed by atoms with Crippen molar-refractivity contribution in [3.63, 3.8) is 0 Å². The van der Waals surface area contributed by atoms with Crippen molar-refractivity contribution in [2.24, 2.45) is 0 Å². The summed E-state index contributed by atoms with van der Waals surface area (Å²) < 4.78 is 22.9. The molecule has 0 spiro atoms. The Morgan fingerprint density at radius 1 is 0.320 bits per heavy atom. The van der Waals surface area contributed by atoms with Gasteiger partial charge in [-0.05, 0) is 77.0 Å². The Morgan fingerprint density at radius 3 is 0.887 bits per heavy atom. The Bertz CT molecular complexity index is 1780. The molecule has 0 radical (unpaired) electrons. The number of aliphatic carboxylic acids is 1. The summed E-state index contributed by atoms with van der Waals surface area (Å²) in [5, 5.41) is 11.9. The largest absolute Gasteiger partial charge is 0.545 e. The average Bonchev–Trinajstić information content (AvgIpc) is 3.11. The molecule has 0 aromatic heterocycles. The van der Waals surface area contributed by atoms with E-state index in [9.17, 15) is 19.5 Å². The zero-order valence-electron chi connectivity index (χ0n) is 65.2. The first-order valence-corrected chi connectivity index (χ1v) is 42.4. The van der Waals surface area contributed by atoms with Gasteiger partial charge in [0, 0.05) is 12.8 Å². The minimum absolute atomic E-state index is 0.151. The molecule has 0 aliphatic heterocycles. The SMILES string of the molecule is CC/C=C\C/C=C\C/C=C\C/C=C\CCCCCCCCCCCCCCCCCCCCCCCCCCC(=O)OC(COC(=O)CCCCCCCCCCCCCCCCCCCCCCCCC/C=C\CCCCCCCCCC)COC(OCC[N+](C)(C)C)C(=O)[O-]. The van der Waals surface area contributed by atoms with E-state index in [0.717, 1.165) is 64.2 Å². The van der Waals surface area contributed by atoms with Crippen molar-refractivity contribution in [2.75, 3.05) is 47.5 Å². The highest BCUT2D eigenvalue weighted by Gasteiger charge is 2.22. The highest BCUT2D eigenvalue weighted by atomic mass is 16.7. The lowest BCUT2D eigenvalue weighted by Gasteiger charge is -2.26. The molecule has 0 heterocycles. The van der Waals surface area contributed by atoms with Gasteiger partial charge in [0.25, 0.3) is 0 Å². The minimum atomic E-state index is -1.62. The van der Waals surface area contributed by atoms with Crippen LogP contribution in [0, 0.1) is 0 Å². The number of hydrogen-bond donors (Lipinski definition) is 0. The zero-order valence-corrected chi connectivity index (χ0v) is 65.2. The van der Waals surface area contributed by atoms with Gasteiger partial charge in [0.2, 0.25) is 0 Å². The third kappa shape index (κ3) is 80.2. The molecule has 0 aliphatic rings. The second-order valence-electron chi connectivity index (χ2n) is 30.1. The predicted octanol–water partition coefficient (Wildman–Crippen LogP) is 26.0. The van der Waals surface area contributed by atoms with E-state index in [0.29, 0.717) is 17.4 Å². The average molecular weight is 1360 g/mol. The maximum absolute atomic E-state index is 13.0. The number of likely N-dealkylation sites (N-methyl/N-ethyl adjacent to an activating group) is 1. The summed E-state index contributed by atoms with van der Waals surface area (Å²) in [4.78, 5) is 37.7. The van der Waals surface area contributed by atoms with Crippen molar-refractivity contribution < 1.29 is 42.9 Å². The monoisotopic (exact) mass is 1360 g/mol. The molecule has 568 valence electrons. The highest BCUT2D eigenvalue weighted by molar-refractivity contribution is 5.70. The second kappa shape index (κ2) is 78.7. The van der Waals surface area contributed by atoms with Gasteiger partial charge >= 0.3 is 11.9 Å². The summed E-state index contributed by atoms with van der Waals surface area (Å²) in [6, 6.07) is 0. The van der Waals surface area contributed by atoms with Gasteiger partial charge in [-0.15, -0.1) is 0 Å². The maximum Gasteiger partial charge on any atom is 0.306 e. The molecule has 9 nitrogen and oxygen atoms in total. The number of rotatable bonds is 80. The van der Waals surface area contributed by atoms with Crippen LogP contribution in [0.2, 0.25) is 0 Å². The third-order valence-corrected chi connectivity index (χ3v) is 19.2. The van der Waals surface area contributed by atoms with E-state index in [1.54, 1.807) is 0 Å². The Morgan fingerprint density at radius 2 is 0.588 bits per heavy atom. The fourth-order valence-electron chi connectivity index (χ4n) is 12.8. The van der Waals surface area contributed by atoms with Crippen molar-refractivity contribution >= 4 is 17.9 Å². The van der Waals surface area contributed by atoms with E-state index in [4.69, 9.17) is 18.9 Å². The molecule has 2 unspecified atom stereocenters. The quantitative estimate of drug-likeness (QED) is 0.0195. The van der Waals surface area contributed by atoms with Crippen molar-refractivity contribution in [1.29, 1.82) is 0 Å². The predicted molar refractivity (Wildman–Crippen MR) is 417 cm³/mol. The molecule has 9 heteroatoms. The van der Waals surface area contributed by atoms with Gasteiger partial charge in [-0.2, -0.15) is 0 Å². The molecule has 97 heavy (non-hydrogen) atoms. The van der Waals surface area contributed by atoms with E-state index in [-0.39, 0.29) is 32.2 Å². The van der Waals surface area contributed by atoms with E-state index in [1.807, 2.05) is 21.1 Å². The Balaban J connectivity index is 3.93. The number of unbranched alkanes of at least 4 members (excludes halogenated alkanes) is 55. The Kier molecular flexibility index (Phi) is 76.3. The number of carboxylic acid groups (broad SMARTS) is 1. The lowest BCUT2D eigenvalue weighted by atomic mass is 10.0. The topological polar surface area (TPSA) is 111 Å². The van der Waals surface area contributed by atoms with E-state index < -0.39 is 24.3 Å². The van der Waals surface area contributed by atoms with Crippen LogP contribution in [0.3, 0.4) is 0 Å². The van der Waals surface area contributed by atoms with Crippen LogP contribution in [0.1, 0.15) is 425 Å². The van der Waals surface area contributed by atoms with E-state index in [2.05, 4.69) is 74.6 Å². The van der Waals surface area contributed by atoms with E-state index >= 15 is 0 Å². The summed E-state index contributed by atoms with van der Waals surface area (Å²) in [6.45, 7) is 4.71. The molecular formula is C88H163NO8. The van der Waals surface area contributed by atoms with Gasteiger partial charge in [0.15, 0.2) is 12.4 Å². The second-order valence-corrected chi connectivity index (χ2v) is 30.1. The summed E-state index contributed by atoms with van der Waals surface area (Å²) >= 11 is 0. The first-order chi connectivity index (χ1) is 47.6. The number of hydrogen-bond acceptors (Lipinski definition) is 8. The Labute approximate surface area is 603 Å². The molecule has 0 N–H and O–H groups in total. The zero-order chi connectivity index (χ0) is 70.4. The molecular weight excluding hydrogens is 1200 g/mol. The number of carboxylic acids is 1. The van der Waals surface area contributed by atoms with Gasteiger partial charge in [-0.3, -0.25) is 9.59 Å². The molecule has 0 aliphatic carbocycles. The summed E-state index contributed by atoms with van der Waals surface area (Å²) in [5.41, 5.74) is 0. The summed E-state index contributed by atoms with van der Waals surface area (Å²) in [5.74, 6) is -2.25. The molecule has 0 aromatic rings. The van der Waals surface area contributed by atoms with Crippen LogP contribution in [0.25, 0.3) is 0 Å². The first kappa shape index (κ1) is 94.0. The number of ether oxygens (including phenoxy) is 4. The fourth-order valence-corrected chi connectivity index (χ4v) is 12.8. The fraction of sp³-hybridized carbons (Fsp3) is 0.852. The standard InChI is InChI=1S/C88H163NO8/c1-6-8-10-12-14-16-18-20-22-24-26-28-30-32-34-36-38-40-42-43-45-47-49-51-53-55-57-59-61-63-65-67-69-71-73-75-77-79-86(91)97-84(83-96-88(87(92)93)94-81-80-89(3,4)5)82-95-85(90)78-76-74-72-70-68-66-64-62-60-58-56-54-52-50-48-46-44-41-39-37-35-33-31-29-27-25-23-21-19-17-15-13-11-9-7-2/h8,10,14,16,20,22,25-28,84,88H,6-7,9,11-13,15,17-19,21,23-24,29-83H2,1-5H3/b10-8-,16-14-,22-20-,27-25-,28-26-. The molecule has 0 amide bonds. The normalized spacial score (nSPS) is 12.9. The molecule has 0 fully saturated rings. The molecule has 2 atom stereocenters. The Hall–Kier alpha value is -3.01. The number of carbonyl (C=O) groups excluding carboxylic acids is 3. The summed E-state index contributed by atoms with van der Waals surface area (Å²) in [7, 11) is 5.95. The van der Waals surface area contributed by atoms with Crippen LogP contribution >= 0.6 is 0 Å². The van der Waals surface area contributed by atoms with Gasteiger partial charge < -0.3 is 33.3 Å². The molecule has 0 bridgehead atoms. The number of allylic oxidation sites excluding steroid dienone is 10. The number of quaternary nitrogens is 1. The third-order valence-electron chi connectivity index (χ3n) is 19.2. The molecule has 0 rings (SSSR count). The van der Waals surface area contributed by atoms with Crippen LogP contribution in [0.4, 0.5) is 0 Å². The van der Waals surface area contributed by atoms with Gasteiger partial charge in [0.05, 0.1) is 40.3 Å². The van der Waals surface area contributed by atoms with Crippen molar-refractivity contribution in [3.05, 3.63) is 60.8 Å². The first-order valence-electron chi connectivity index (χ1n) is 42.4. The van der Waals surface area contributed by atoms with Gasteiger partial charge in [-0.25, -0.2) is 0 Å². The van der Waals surface area contributed by atoms with Crippen LogP contribution in [0.15, 0.2) is 60.8 Å². The number of nitrogens with zero attached hydrogens (tertiary/aromatic N) is 1. The highest BCUT2D eigenvalue weighted by Crippen LogP contribution is 2.20. The summed E-state index contributed by atoms with van der Waals surface area (Å²) in [6.07, 6.45) is 102. The van der Waals surface area contributed by atoms with Crippen LogP contribution in [-0.4, -0.2) is 82.3 Å². The molecule has 0 aromatic carbocycles. The number of esters is 2. The number of carbonyl (C=O) groups is 3. The lowest BCUT2D eigenvalue weighted by molar-refractivity contribution is -0.870. The maximum atomic E-state index is 13.0.